The Hall–Kier alpha value is -1.97. The summed E-state index contributed by atoms with van der Waals surface area (Å²) in [5.74, 6) is 1.86. The highest BCUT2D eigenvalue weighted by atomic mass is 127. The molecule has 1 N–H and O–H groups in total. The van der Waals surface area contributed by atoms with E-state index in [9.17, 15) is 0 Å². The molecular weight excluding hydrogens is 491 g/mol. The standard InChI is InChI=1S/C22H34N6O.HI/c1-6-20-19(21(7-2)26(4)25-20)16-24-22(23-3)28-13-11-27(12-14-28)17-9-8-10-18(15-17)29-5;/h8-10,15H,6-7,11-14,16H2,1-5H3,(H,23,24);1H. The molecule has 0 aliphatic carbocycles. The lowest BCUT2D eigenvalue weighted by Gasteiger charge is -2.37. The molecule has 1 aromatic carbocycles. The number of ether oxygens (including phenoxy) is 1. The van der Waals surface area contributed by atoms with Gasteiger partial charge in [0.05, 0.1) is 12.8 Å². The summed E-state index contributed by atoms with van der Waals surface area (Å²) in [4.78, 5) is 9.27. The number of anilines is 1. The Kier molecular flexibility index (Phi) is 9.26. The van der Waals surface area contributed by atoms with Crippen LogP contribution in [0.2, 0.25) is 0 Å². The van der Waals surface area contributed by atoms with Crippen LogP contribution in [0.25, 0.3) is 0 Å². The minimum atomic E-state index is 0. The second-order valence-corrected chi connectivity index (χ2v) is 7.28. The van der Waals surface area contributed by atoms with E-state index >= 15 is 0 Å². The summed E-state index contributed by atoms with van der Waals surface area (Å²) in [5, 5.41) is 8.26. The van der Waals surface area contributed by atoms with E-state index in [1.807, 2.05) is 30.9 Å². The molecular formula is C22H35IN6O. The summed E-state index contributed by atoms with van der Waals surface area (Å²) >= 11 is 0. The number of benzene rings is 1. The lowest BCUT2D eigenvalue weighted by molar-refractivity contribution is 0.371. The second-order valence-electron chi connectivity index (χ2n) is 7.28. The maximum atomic E-state index is 5.36. The van der Waals surface area contributed by atoms with E-state index in [2.05, 4.69) is 51.2 Å². The first-order valence-corrected chi connectivity index (χ1v) is 10.5. The molecule has 0 atom stereocenters. The first-order valence-electron chi connectivity index (χ1n) is 10.5. The Labute approximate surface area is 197 Å². The average Bonchev–Trinajstić information content (AvgIpc) is 3.09. The molecule has 0 spiro atoms. The predicted molar refractivity (Wildman–Crippen MR) is 134 cm³/mol. The van der Waals surface area contributed by atoms with Gasteiger partial charge in [-0.1, -0.05) is 19.9 Å². The molecule has 30 heavy (non-hydrogen) atoms. The number of piperazine rings is 1. The van der Waals surface area contributed by atoms with Gasteiger partial charge in [0.1, 0.15) is 5.75 Å². The van der Waals surface area contributed by atoms with Crippen LogP contribution in [0, 0.1) is 0 Å². The van der Waals surface area contributed by atoms with Gasteiger partial charge in [-0.2, -0.15) is 5.10 Å². The van der Waals surface area contributed by atoms with Crippen LogP contribution >= 0.6 is 24.0 Å². The molecule has 1 aliphatic heterocycles. The van der Waals surface area contributed by atoms with Gasteiger partial charge >= 0.3 is 0 Å². The van der Waals surface area contributed by atoms with Crippen molar-refractivity contribution in [1.29, 1.82) is 0 Å². The zero-order chi connectivity index (χ0) is 20.8. The van der Waals surface area contributed by atoms with Crippen molar-refractivity contribution in [2.75, 3.05) is 45.2 Å². The van der Waals surface area contributed by atoms with Crippen molar-refractivity contribution in [3.05, 3.63) is 41.2 Å². The van der Waals surface area contributed by atoms with Crippen LogP contribution in [0.5, 0.6) is 5.75 Å². The van der Waals surface area contributed by atoms with Gasteiger partial charge in [0, 0.05) is 69.8 Å². The number of aryl methyl sites for hydroxylation is 2. The largest absolute Gasteiger partial charge is 0.497 e. The van der Waals surface area contributed by atoms with Crippen LogP contribution in [0.1, 0.15) is 30.8 Å². The fourth-order valence-corrected chi connectivity index (χ4v) is 4.08. The van der Waals surface area contributed by atoms with Gasteiger partial charge in [-0.25, -0.2) is 0 Å². The first-order chi connectivity index (χ1) is 14.1. The number of rotatable bonds is 6. The number of aromatic nitrogens is 2. The van der Waals surface area contributed by atoms with E-state index in [4.69, 9.17) is 4.74 Å². The lowest BCUT2D eigenvalue weighted by Crippen LogP contribution is -2.52. The van der Waals surface area contributed by atoms with Gasteiger partial charge in [-0.3, -0.25) is 9.67 Å². The maximum absolute atomic E-state index is 5.36. The number of hydrogen-bond acceptors (Lipinski definition) is 4. The van der Waals surface area contributed by atoms with Crippen molar-refractivity contribution in [3.63, 3.8) is 0 Å². The van der Waals surface area contributed by atoms with E-state index in [1.54, 1.807) is 7.11 Å². The topological polar surface area (TPSA) is 57.9 Å². The number of hydrogen-bond donors (Lipinski definition) is 1. The quantitative estimate of drug-likeness (QED) is 0.356. The van der Waals surface area contributed by atoms with Gasteiger partial charge in [0.15, 0.2) is 5.96 Å². The lowest BCUT2D eigenvalue weighted by atomic mass is 10.1. The summed E-state index contributed by atoms with van der Waals surface area (Å²) in [6, 6.07) is 8.28. The fraction of sp³-hybridized carbons (Fsp3) is 0.545. The average molecular weight is 526 g/mol. The zero-order valence-corrected chi connectivity index (χ0v) is 21.1. The van der Waals surface area contributed by atoms with E-state index in [1.165, 1.54) is 22.6 Å². The molecule has 2 heterocycles. The highest BCUT2D eigenvalue weighted by Gasteiger charge is 2.21. The van der Waals surface area contributed by atoms with Crippen LogP contribution in [-0.2, 0) is 26.4 Å². The fourth-order valence-electron chi connectivity index (χ4n) is 4.08. The smallest absolute Gasteiger partial charge is 0.194 e. The number of aliphatic imine (C=N–C) groups is 1. The molecule has 1 aromatic heterocycles. The molecule has 0 amide bonds. The molecule has 8 heteroatoms. The van der Waals surface area contributed by atoms with Crippen molar-refractivity contribution < 1.29 is 4.74 Å². The Morgan fingerprint density at radius 2 is 1.90 bits per heavy atom. The molecule has 1 fully saturated rings. The maximum Gasteiger partial charge on any atom is 0.194 e. The van der Waals surface area contributed by atoms with Crippen LogP contribution in [0.4, 0.5) is 5.69 Å². The van der Waals surface area contributed by atoms with Crippen molar-refractivity contribution in [2.24, 2.45) is 12.0 Å². The second kappa shape index (κ2) is 11.4. The van der Waals surface area contributed by atoms with Crippen molar-refractivity contribution in [2.45, 2.75) is 33.2 Å². The van der Waals surface area contributed by atoms with E-state index in [0.717, 1.165) is 57.3 Å². The number of guanidine groups is 1. The van der Waals surface area contributed by atoms with E-state index in [-0.39, 0.29) is 24.0 Å². The summed E-state index contributed by atoms with van der Waals surface area (Å²) in [5.41, 5.74) is 5.00. The minimum Gasteiger partial charge on any atom is -0.497 e. The summed E-state index contributed by atoms with van der Waals surface area (Å²) < 4.78 is 7.38. The third kappa shape index (κ3) is 5.39. The van der Waals surface area contributed by atoms with Crippen molar-refractivity contribution >= 4 is 35.6 Å². The number of methoxy groups -OCH3 is 1. The summed E-state index contributed by atoms with van der Waals surface area (Å²) in [6.07, 6.45) is 1.93. The van der Waals surface area contributed by atoms with Gasteiger partial charge < -0.3 is 19.9 Å². The highest BCUT2D eigenvalue weighted by Crippen LogP contribution is 2.22. The predicted octanol–water partition coefficient (Wildman–Crippen LogP) is 3.07. The van der Waals surface area contributed by atoms with Crippen molar-refractivity contribution in [1.82, 2.24) is 20.0 Å². The molecule has 0 saturated carbocycles. The Balaban J connectivity index is 0.00000320. The van der Waals surface area contributed by atoms with Crippen molar-refractivity contribution in [3.8, 4) is 5.75 Å². The monoisotopic (exact) mass is 526 g/mol. The van der Waals surface area contributed by atoms with Gasteiger partial charge in [0.2, 0.25) is 0 Å². The molecule has 3 rings (SSSR count). The Bertz CT molecular complexity index is 842. The van der Waals surface area contributed by atoms with Gasteiger partial charge in [-0.15, -0.1) is 24.0 Å². The Morgan fingerprint density at radius 1 is 1.17 bits per heavy atom. The normalized spacial score (nSPS) is 14.5. The molecule has 0 bridgehead atoms. The van der Waals surface area contributed by atoms with E-state index in [0.29, 0.717) is 0 Å². The van der Waals surface area contributed by atoms with Crippen LogP contribution in [-0.4, -0.2) is 61.0 Å². The molecule has 1 saturated heterocycles. The molecule has 166 valence electrons. The zero-order valence-electron chi connectivity index (χ0n) is 18.8. The van der Waals surface area contributed by atoms with Crippen LogP contribution in [0.15, 0.2) is 29.3 Å². The van der Waals surface area contributed by atoms with E-state index < -0.39 is 0 Å². The number of nitrogens with one attached hydrogen (secondary N) is 1. The van der Waals surface area contributed by atoms with Gasteiger partial charge in [-0.05, 0) is 25.0 Å². The SMILES string of the molecule is CCc1nn(C)c(CC)c1CNC(=NC)N1CCN(c2cccc(OC)c2)CC1.I. The third-order valence-electron chi connectivity index (χ3n) is 5.66. The molecule has 0 radical (unpaired) electrons. The van der Waals surface area contributed by atoms with Gasteiger partial charge in [0.25, 0.3) is 0 Å². The van der Waals surface area contributed by atoms with Crippen LogP contribution < -0.4 is 15.0 Å². The molecule has 1 aliphatic rings. The third-order valence-corrected chi connectivity index (χ3v) is 5.66. The summed E-state index contributed by atoms with van der Waals surface area (Å²) in [6.45, 7) is 8.91. The molecule has 2 aromatic rings. The Morgan fingerprint density at radius 3 is 2.50 bits per heavy atom. The summed E-state index contributed by atoms with van der Waals surface area (Å²) in [7, 11) is 5.61. The highest BCUT2D eigenvalue weighted by molar-refractivity contribution is 14.0. The van der Waals surface area contributed by atoms with Crippen LogP contribution in [0.3, 0.4) is 0 Å². The first kappa shape index (κ1) is 24.3. The number of halogens is 1. The molecule has 0 unspecified atom stereocenters. The molecule has 7 nitrogen and oxygen atoms in total. The number of nitrogens with zero attached hydrogens (tertiary/aromatic N) is 5. The minimum absolute atomic E-state index is 0.